The lowest BCUT2D eigenvalue weighted by molar-refractivity contribution is 0.0697. The summed E-state index contributed by atoms with van der Waals surface area (Å²) in [6.07, 6.45) is 1.20. The zero-order chi connectivity index (χ0) is 14.0. The summed E-state index contributed by atoms with van der Waals surface area (Å²) in [5.41, 5.74) is 0.460. The van der Waals surface area contributed by atoms with Gasteiger partial charge in [0.05, 0.1) is 0 Å². The van der Waals surface area contributed by atoms with Crippen molar-refractivity contribution in [3.05, 3.63) is 15.8 Å². The molecule has 0 aromatic carbocycles. The molecule has 1 aliphatic heterocycles. The average molecular weight is 305 g/mol. The van der Waals surface area contributed by atoms with E-state index in [1.165, 1.54) is 0 Å². The number of sulfonamides is 1. The number of carboxylic acids is 1. The van der Waals surface area contributed by atoms with Crippen LogP contribution in [0, 0.1) is 6.92 Å². The number of rotatable bonds is 4. The molecule has 1 aliphatic rings. The van der Waals surface area contributed by atoms with Crippen LogP contribution in [0.15, 0.2) is 10.3 Å². The van der Waals surface area contributed by atoms with E-state index in [2.05, 4.69) is 4.72 Å². The van der Waals surface area contributed by atoms with E-state index in [1.54, 1.807) is 12.3 Å². The van der Waals surface area contributed by atoms with Crippen LogP contribution in [-0.2, 0) is 14.8 Å². The van der Waals surface area contributed by atoms with Crippen LogP contribution in [-0.4, -0.2) is 38.7 Å². The number of hydrogen-bond acceptors (Lipinski definition) is 5. The van der Waals surface area contributed by atoms with Gasteiger partial charge in [-0.3, -0.25) is 0 Å². The molecule has 0 aliphatic carbocycles. The zero-order valence-electron chi connectivity index (χ0n) is 10.4. The molecule has 0 bridgehead atoms. The maximum absolute atomic E-state index is 12.3. The van der Waals surface area contributed by atoms with Crippen molar-refractivity contribution >= 4 is 27.3 Å². The number of nitrogens with one attached hydrogen (secondary N) is 1. The number of hydrogen-bond donors (Lipinski definition) is 2. The highest BCUT2D eigenvalue weighted by atomic mass is 32.2. The van der Waals surface area contributed by atoms with E-state index < -0.39 is 16.0 Å². The van der Waals surface area contributed by atoms with Crippen LogP contribution in [0.25, 0.3) is 0 Å². The number of carbonyl (C=O) groups is 1. The largest absolute Gasteiger partial charge is 0.477 e. The monoisotopic (exact) mass is 305 g/mol. The Labute approximate surface area is 115 Å². The Bertz CT molecular complexity index is 572. The lowest BCUT2D eigenvalue weighted by atomic mass is 10.1. The summed E-state index contributed by atoms with van der Waals surface area (Å²) in [5, 5.41) is 10.6. The molecule has 1 fully saturated rings. The Morgan fingerprint density at radius 2 is 2.11 bits per heavy atom. The predicted molar refractivity (Wildman–Crippen MR) is 70.2 cm³/mol. The van der Waals surface area contributed by atoms with E-state index >= 15 is 0 Å². The molecule has 0 unspecified atom stereocenters. The summed E-state index contributed by atoms with van der Waals surface area (Å²) in [6.45, 7) is 2.63. The molecule has 2 rings (SSSR count). The van der Waals surface area contributed by atoms with Crippen molar-refractivity contribution in [1.29, 1.82) is 0 Å². The molecule has 0 spiro atoms. The summed E-state index contributed by atoms with van der Waals surface area (Å²) in [4.78, 5) is 10.8. The first kappa shape index (κ1) is 14.4. The van der Waals surface area contributed by atoms with Gasteiger partial charge in [0.25, 0.3) is 0 Å². The number of carboxylic acid groups (broad SMARTS) is 1. The molecule has 0 radical (unpaired) electrons. The SMILES string of the molecule is Cc1csc(C(=O)O)c1S(=O)(=O)NC1CCOCC1. The van der Waals surface area contributed by atoms with Crippen molar-refractivity contribution in [1.82, 2.24) is 4.72 Å². The van der Waals surface area contributed by atoms with Gasteiger partial charge < -0.3 is 9.84 Å². The van der Waals surface area contributed by atoms with Crippen molar-refractivity contribution in [2.24, 2.45) is 0 Å². The van der Waals surface area contributed by atoms with Crippen LogP contribution < -0.4 is 4.72 Å². The number of ether oxygens (including phenoxy) is 1. The minimum atomic E-state index is -3.80. The quantitative estimate of drug-likeness (QED) is 0.872. The third-order valence-electron chi connectivity index (χ3n) is 2.92. The molecular weight excluding hydrogens is 290 g/mol. The van der Waals surface area contributed by atoms with E-state index in [9.17, 15) is 13.2 Å². The highest BCUT2D eigenvalue weighted by Crippen LogP contribution is 2.27. The number of aromatic carboxylic acids is 1. The van der Waals surface area contributed by atoms with Gasteiger partial charge in [0, 0.05) is 19.3 Å². The fourth-order valence-electron chi connectivity index (χ4n) is 2.01. The summed E-state index contributed by atoms with van der Waals surface area (Å²) in [7, 11) is -3.80. The number of thiophene rings is 1. The van der Waals surface area contributed by atoms with Gasteiger partial charge in [-0.25, -0.2) is 17.9 Å². The van der Waals surface area contributed by atoms with E-state index in [1.807, 2.05) is 0 Å². The first-order chi connectivity index (χ1) is 8.92. The van der Waals surface area contributed by atoms with Gasteiger partial charge >= 0.3 is 5.97 Å². The first-order valence-electron chi connectivity index (χ1n) is 5.83. The van der Waals surface area contributed by atoms with Crippen LogP contribution in [0.4, 0.5) is 0 Å². The molecule has 1 saturated heterocycles. The van der Waals surface area contributed by atoms with E-state index in [-0.39, 0.29) is 15.8 Å². The molecule has 8 heteroatoms. The van der Waals surface area contributed by atoms with E-state index in [4.69, 9.17) is 9.84 Å². The maximum atomic E-state index is 12.3. The highest BCUT2D eigenvalue weighted by Gasteiger charge is 2.29. The first-order valence-corrected chi connectivity index (χ1v) is 8.19. The third-order valence-corrected chi connectivity index (χ3v) is 5.85. The van der Waals surface area contributed by atoms with E-state index in [0.29, 0.717) is 31.6 Å². The molecule has 0 saturated carbocycles. The second-order valence-corrected chi connectivity index (χ2v) is 6.92. The molecule has 6 nitrogen and oxygen atoms in total. The standard InChI is InChI=1S/C11H15NO5S2/c1-7-6-18-9(11(13)14)10(7)19(15,16)12-8-2-4-17-5-3-8/h6,8,12H,2-5H2,1H3,(H,13,14). The topological polar surface area (TPSA) is 92.7 Å². The Kier molecular flexibility index (Phi) is 4.24. The van der Waals surface area contributed by atoms with Gasteiger partial charge in [-0.15, -0.1) is 11.3 Å². The Morgan fingerprint density at radius 1 is 1.47 bits per heavy atom. The van der Waals surface area contributed by atoms with Crippen LogP contribution in [0.2, 0.25) is 0 Å². The minimum Gasteiger partial charge on any atom is -0.477 e. The molecule has 1 aromatic rings. The van der Waals surface area contributed by atoms with Crippen molar-refractivity contribution in [2.45, 2.75) is 30.7 Å². The Hall–Kier alpha value is -0.960. The fraction of sp³-hybridized carbons (Fsp3) is 0.545. The Morgan fingerprint density at radius 3 is 2.68 bits per heavy atom. The lowest BCUT2D eigenvalue weighted by Crippen LogP contribution is -2.39. The summed E-state index contributed by atoms with van der Waals surface area (Å²) in [5.74, 6) is -1.22. The maximum Gasteiger partial charge on any atom is 0.347 e. The number of aryl methyl sites for hydroxylation is 1. The summed E-state index contributed by atoms with van der Waals surface area (Å²) < 4.78 is 32.3. The predicted octanol–water partition coefficient (Wildman–Crippen LogP) is 1.21. The molecular formula is C11H15NO5S2. The van der Waals surface area contributed by atoms with Crippen LogP contribution in [0.3, 0.4) is 0 Å². The van der Waals surface area contributed by atoms with Gasteiger partial charge in [-0.1, -0.05) is 0 Å². The van der Waals surface area contributed by atoms with Gasteiger partial charge in [0.2, 0.25) is 10.0 Å². The van der Waals surface area contributed by atoms with Gasteiger partial charge in [0.15, 0.2) is 0 Å². The zero-order valence-corrected chi connectivity index (χ0v) is 12.0. The smallest absolute Gasteiger partial charge is 0.347 e. The summed E-state index contributed by atoms with van der Waals surface area (Å²) in [6, 6.07) is -0.195. The van der Waals surface area contributed by atoms with Crippen molar-refractivity contribution in [3.8, 4) is 0 Å². The second kappa shape index (κ2) is 5.58. The molecule has 2 N–H and O–H groups in total. The van der Waals surface area contributed by atoms with Crippen molar-refractivity contribution in [2.75, 3.05) is 13.2 Å². The fourth-order valence-corrected chi connectivity index (χ4v) is 4.94. The second-order valence-electron chi connectivity index (χ2n) is 4.39. The molecule has 1 aromatic heterocycles. The van der Waals surface area contributed by atoms with Crippen molar-refractivity contribution < 1.29 is 23.1 Å². The van der Waals surface area contributed by atoms with Gasteiger partial charge in [-0.05, 0) is 30.7 Å². The Balaban J connectivity index is 2.28. The van der Waals surface area contributed by atoms with Crippen LogP contribution >= 0.6 is 11.3 Å². The van der Waals surface area contributed by atoms with Crippen molar-refractivity contribution in [3.63, 3.8) is 0 Å². The summed E-state index contributed by atoms with van der Waals surface area (Å²) >= 11 is 0.930. The minimum absolute atomic E-state index is 0.114. The molecule has 19 heavy (non-hydrogen) atoms. The molecule has 0 atom stereocenters. The molecule has 0 amide bonds. The lowest BCUT2D eigenvalue weighted by Gasteiger charge is -2.23. The van der Waals surface area contributed by atoms with Gasteiger partial charge in [-0.2, -0.15) is 0 Å². The van der Waals surface area contributed by atoms with Crippen LogP contribution in [0.1, 0.15) is 28.1 Å². The van der Waals surface area contributed by atoms with E-state index in [0.717, 1.165) is 11.3 Å². The molecule has 2 heterocycles. The van der Waals surface area contributed by atoms with Gasteiger partial charge in [0.1, 0.15) is 9.77 Å². The average Bonchev–Trinajstić information content (AvgIpc) is 2.73. The highest BCUT2D eigenvalue weighted by molar-refractivity contribution is 7.89. The molecule has 106 valence electrons. The third kappa shape index (κ3) is 3.14. The van der Waals surface area contributed by atoms with Crippen LogP contribution in [0.5, 0.6) is 0 Å². The normalized spacial score (nSPS) is 17.5.